The molecule has 0 bridgehead atoms. The van der Waals surface area contributed by atoms with Gasteiger partial charge in [-0.15, -0.1) is 0 Å². The highest BCUT2D eigenvalue weighted by atomic mass is 19.1. The molecule has 1 amide bonds. The zero-order valence-corrected chi connectivity index (χ0v) is 12.9. The SMILES string of the molecule is NC[C@H]1CN(c2cc(F)c(N3CC4OC5CCC543)c(F)c2)C(=O)O1. The molecular weight excluding hydrogens is 320 g/mol. The molecule has 0 radical (unpaired) electrons. The second-order valence-corrected chi connectivity index (χ2v) is 6.86. The lowest BCUT2D eigenvalue weighted by Gasteiger charge is -2.75. The standard InChI is InChI=1S/C16H17F2N3O3/c17-10-3-8(20-6-9(5-19)23-15(20)22)4-11(18)14(10)21-7-13-16(21)2-1-12(16)24-13/h3-4,9,12-13H,1-2,5-7,19H2/t9-,12?,13?,16?/m0/s1. The molecular formula is C16H17F2N3O3. The molecule has 4 atom stereocenters. The van der Waals surface area contributed by atoms with Crippen LogP contribution in [0.15, 0.2) is 12.1 Å². The van der Waals surface area contributed by atoms with Crippen LogP contribution in [0.1, 0.15) is 12.8 Å². The summed E-state index contributed by atoms with van der Waals surface area (Å²) < 4.78 is 40.0. The zero-order valence-electron chi connectivity index (χ0n) is 12.9. The number of anilines is 2. The maximum Gasteiger partial charge on any atom is 0.414 e. The minimum Gasteiger partial charge on any atom is -0.443 e. The van der Waals surface area contributed by atoms with Crippen molar-refractivity contribution in [3.63, 3.8) is 0 Å². The van der Waals surface area contributed by atoms with Crippen LogP contribution < -0.4 is 15.5 Å². The Bertz CT molecular complexity index is 716. The number of nitrogens with zero attached hydrogens (tertiary/aromatic N) is 2. The fourth-order valence-corrected chi connectivity index (χ4v) is 4.38. The number of rotatable bonds is 3. The molecule has 3 unspecified atom stereocenters. The van der Waals surface area contributed by atoms with Gasteiger partial charge in [0.2, 0.25) is 0 Å². The summed E-state index contributed by atoms with van der Waals surface area (Å²) in [6.07, 6.45) is 0.933. The Labute approximate surface area is 137 Å². The molecule has 0 aromatic heterocycles. The average Bonchev–Trinajstić information content (AvgIpc) is 2.88. The number of carbonyl (C=O) groups is 1. The van der Waals surface area contributed by atoms with E-state index in [0.29, 0.717) is 6.54 Å². The van der Waals surface area contributed by atoms with Crippen LogP contribution in [0, 0.1) is 11.6 Å². The summed E-state index contributed by atoms with van der Waals surface area (Å²) in [5, 5.41) is 0. The molecule has 3 heterocycles. The van der Waals surface area contributed by atoms with Crippen molar-refractivity contribution in [1.82, 2.24) is 0 Å². The van der Waals surface area contributed by atoms with Crippen molar-refractivity contribution in [2.75, 3.05) is 29.4 Å². The van der Waals surface area contributed by atoms with E-state index in [1.54, 1.807) is 4.90 Å². The predicted octanol–water partition coefficient (Wildman–Crippen LogP) is 1.37. The van der Waals surface area contributed by atoms with Gasteiger partial charge in [0.1, 0.15) is 17.9 Å². The maximum atomic E-state index is 14.7. The lowest BCUT2D eigenvalue weighted by molar-refractivity contribution is -0.287. The molecule has 5 rings (SSSR count). The van der Waals surface area contributed by atoms with E-state index in [1.807, 2.05) is 0 Å². The number of hydrogen-bond acceptors (Lipinski definition) is 5. The first-order valence-electron chi connectivity index (χ1n) is 8.15. The Balaban J connectivity index is 1.46. The Hall–Kier alpha value is -1.93. The highest BCUT2D eigenvalue weighted by Gasteiger charge is 2.73. The molecule has 1 spiro atoms. The lowest BCUT2D eigenvalue weighted by atomic mass is 9.58. The monoisotopic (exact) mass is 337 g/mol. The number of carbonyl (C=O) groups excluding carboxylic acids is 1. The van der Waals surface area contributed by atoms with E-state index >= 15 is 0 Å². The first kappa shape index (κ1) is 14.4. The molecule has 4 aliphatic rings. The number of benzene rings is 1. The number of ether oxygens (including phenoxy) is 2. The van der Waals surface area contributed by atoms with Crippen LogP contribution in [0.5, 0.6) is 0 Å². The number of amides is 1. The summed E-state index contributed by atoms with van der Waals surface area (Å²) in [6, 6.07) is 2.38. The summed E-state index contributed by atoms with van der Waals surface area (Å²) in [5.74, 6) is -1.33. The zero-order chi connectivity index (χ0) is 16.6. The molecule has 8 heteroatoms. The van der Waals surface area contributed by atoms with Gasteiger partial charge in [0, 0.05) is 25.2 Å². The maximum absolute atomic E-state index is 14.7. The first-order valence-corrected chi connectivity index (χ1v) is 8.15. The van der Waals surface area contributed by atoms with Gasteiger partial charge in [0.25, 0.3) is 0 Å². The van der Waals surface area contributed by atoms with Gasteiger partial charge >= 0.3 is 6.09 Å². The van der Waals surface area contributed by atoms with Gasteiger partial charge in [0.15, 0.2) is 11.6 Å². The van der Waals surface area contributed by atoms with Gasteiger partial charge in [0.05, 0.1) is 23.9 Å². The Morgan fingerprint density at radius 3 is 2.50 bits per heavy atom. The van der Waals surface area contributed by atoms with E-state index in [1.165, 1.54) is 17.0 Å². The topological polar surface area (TPSA) is 68.0 Å². The summed E-state index contributed by atoms with van der Waals surface area (Å²) >= 11 is 0. The van der Waals surface area contributed by atoms with Gasteiger partial charge in [-0.3, -0.25) is 4.90 Å². The predicted molar refractivity (Wildman–Crippen MR) is 81.0 cm³/mol. The molecule has 6 nitrogen and oxygen atoms in total. The second-order valence-electron chi connectivity index (χ2n) is 6.86. The van der Waals surface area contributed by atoms with Crippen molar-refractivity contribution >= 4 is 17.5 Å². The van der Waals surface area contributed by atoms with Crippen LogP contribution in [0.25, 0.3) is 0 Å². The Kier molecular flexibility index (Phi) is 2.75. The van der Waals surface area contributed by atoms with Crippen molar-refractivity contribution in [3.8, 4) is 0 Å². The fourth-order valence-electron chi connectivity index (χ4n) is 4.38. The van der Waals surface area contributed by atoms with Gasteiger partial charge in [-0.1, -0.05) is 0 Å². The molecule has 1 aromatic carbocycles. The van der Waals surface area contributed by atoms with E-state index in [-0.39, 0.29) is 42.2 Å². The highest BCUT2D eigenvalue weighted by Crippen LogP contribution is 2.60. The molecule has 3 aliphatic heterocycles. The third kappa shape index (κ3) is 1.58. The third-order valence-corrected chi connectivity index (χ3v) is 5.82. The first-order chi connectivity index (χ1) is 11.5. The minimum atomic E-state index is -0.667. The Morgan fingerprint density at radius 1 is 1.25 bits per heavy atom. The van der Waals surface area contributed by atoms with Crippen molar-refractivity contribution in [3.05, 3.63) is 23.8 Å². The second kappa shape index (κ2) is 4.58. The molecule has 1 aromatic rings. The van der Waals surface area contributed by atoms with Crippen LogP contribution in [-0.4, -0.2) is 49.6 Å². The van der Waals surface area contributed by atoms with Gasteiger partial charge in [-0.2, -0.15) is 0 Å². The van der Waals surface area contributed by atoms with E-state index in [2.05, 4.69) is 0 Å². The molecule has 4 fully saturated rings. The molecule has 1 aliphatic carbocycles. The van der Waals surface area contributed by atoms with Crippen LogP contribution in [0.2, 0.25) is 0 Å². The van der Waals surface area contributed by atoms with E-state index in [0.717, 1.165) is 12.8 Å². The van der Waals surface area contributed by atoms with E-state index < -0.39 is 23.8 Å². The van der Waals surface area contributed by atoms with Crippen LogP contribution in [-0.2, 0) is 9.47 Å². The largest absolute Gasteiger partial charge is 0.443 e. The molecule has 1 saturated carbocycles. The fraction of sp³-hybridized carbons (Fsp3) is 0.562. The van der Waals surface area contributed by atoms with E-state index in [4.69, 9.17) is 15.2 Å². The van der Waals surface area contributed by atoms with Crippen molar-refractivity contribution in [2.45, 2.75) is 36.7 Å². The summed E-state index contributed by atoms with van der Waals surface area (Å²) in [7, 11) is 0. The van der Waals surface area contributed by atoms with Crippen molar-refractivity contribution < 1.29 is 23.0 Å². The summed E-state index contributed by atoms with van der Waals surface area (Å²) in [5.41, 5.74) is 5.41. The van der Waals surface area contributed by atoms with Gasteiger partial charge in [-0.25, -0.2) is 13.6 Å². The average molecular weight is 337 g/mol. The number of nitrogens with two attached hydrogens (primary N) is 1. The smallest absolute Gasteiger partial charge is 0.414 e. The number of morpholine rings is 1. The lowest BCUT2D eigenvalue weighted by Crippen LogP contribution is -2.89. The highest BCUT2D eigenvalue weighted by molar-refractivity contribution is 5.90. The molecule has 128 valence electrons. The normalized spacial score (nSPS) is 36.3. The molecule has 24 heavy (non-hydrogen) atoms. The van der Waals surface area contributed by atoms with Gasteiger partial charge in [-0.05, 0) is 12.8 Å². The van der Waals surface area contributed by atoms with Crippen LogP contribution >= 0.6 is 0 Å². The van der Waals surface area contributed by atoms with Gasteiger partial charge < -0.3 is 20.1 Å². The summed E-state index contributed by atoms with van der Waals surface area (Å²) in [4.78, 5) is 14.8. The van der Waals surface area contributed by atoms with E-state index in [9.17, 15) is 13.6 Å². The van der Waals surface area contributed by atoms with Crippen LogP contribution in [0.3, 0.4) is 0 Å². The number of halogens is 2. The molecule has 2 N–H and O–H groups in total. The number of hydrogen-bond donors (Lipinski definition) is 1. The quantitative estimate of drug-likeness (QED) is 0.902. The van der Waals surface area contributed by atoms with Crippen LogP contribution in [0.4, 0.5) is 25.0 Å². The minimum absolute atomic E-state index is 0.0223. The van der Waals surface area contributed by atoms with Crippen molar-refractivity contribution in [2.24, 2.45) is 5.73 Å². The third-order valence-electron chi connectivity index (χ3n) is 5.82. The molecule has 3 saturated heterocycles. The Morgan fingerprint density at radius 2 is 2.00 bits per heavy atom. The number of cyclic esters (lactones) is 1. The van der Waals surface area contributed by atoms with Crippen molar-refractivity contribution in [1.29, 1.82) is 0 Å². The summed E-state index contributed by atoms with van der Waals surface area (Å²) in [6.45, 7) is 0.869.